The number of anilines is 3. The maximum absolute atomic E-state index is 12.8. The lowest BCUT2D eigenvalue weighted by molar-refractivity contribution is -0.141. The van der Waals surface area contributed by atoms with E-state index in [0.717, 1.165) is 0 Å². The molecule has 0 bridgehead atoms. The first-order chi connectivity index (χ1) is 20.1. The van der Waals surface area contributed by atoms with Crippen LogP contribution in [0.4, 0.5) is 17.5 Å². The van der Waals surface area contributed by atoms with Gasteiger partial charge in [0, 0.05) is 24.2 Å². The van der Waals surface area contributed by atoms with Gasteiger partial charge in [-0.3, -0.25) is 14.4 Å². The minimum Gasteiger partial charge on any atom is -0.481 e. The van der Waals surface area contributed by atoms with Gasteiger partial charge in [0.25, 0.3) is 5.91 Å². The zero-order chi connectivity index (χ0) is 30.2. The van der Waals surface area contributed by atoms with Crippen LogP contribution in [0.3, 0.4) is 0 Å². The maximum Gasteiger partial charge on any atom is 0.336 e. The van der Waals surface area contributed by atoms with Crippen LogP contribution in [0.5, 0.6) is 0 Å². The van der Waals surface area contributed by atoms with Gasteiger partial charge in [0.15, 0.2) is 22.8 Å². The number of nitrogens with zero attached hydrogens (tertiary/aromatic N) is 4. The molecule has 0 radical (unpaired) electrons. The summed E-state index contributed by atoms with van der Waals surface area (Å²) in [7, 11) is 0. The SMILES string of the molecule is Nc1nc(N)c2nc(CNc3ccc(C(=O)CC(CCCNC(=O)c4ccccc4C(=O)O)C(=O)O)cc3)cnc2n1. The van der Waals surface area contributed by atoms with Crippen molar-refractivity contribution in [2.24, 2.45) is 5.92 Å². The van der Waals surface area contributed by atoms with Crippen molar-refractivity contribution in [3.05, 3.63) is 77.1 Å². The number of aromatic nitrogens is 4. The van der Waals surface area contributed by atoms with Crippen molar-refractivity contribution in [1.82, 2.24) is 25.3 Å². The number of nitrogen functional groups attached to an aromatic ring is 2. The third-order valence-corrected chi connectivity index (χ3v) is 6.38. The summed E-state index contributed by atoms with van der Waals surface area (Å²) in [6, 6.07) is 12.4. The van der Waals surface area contributed by atoms with Crippen molar-refractivity contribution in [2.45, 2.75) is 25.8 Å². The van der Waals surface area contributed by atoms with E-state index in [1.165, 1.54) is 24.4 Å². The van der Waals surface area contributed by atoms with Crippen molar-refractivity contribution >= 4 is 52.2 Å². The first-order valence-electron chi connectivity index (χ1n) is 12.9. The minimum atomic E-state index is -1.22. The number of carbonyl (C=O) groups is 4. The molecule has 0 spiro atoms. The molecule has 1 atom stereocenters. The third-order valence-electron chi connectivity index (χ3n) is 6.38. The third kappa shape index (κ3) is 7.29. The number of nitrogens with two attached hydrogens (primary N) is 2. The fourth-order valence-electron chi connectivity index (χ4n) is 4.20. The number of rotatable bonds is 13. The summed E-state index contributed by atoms with van der Waals surface area (Å²) in [5, 5.41) is 24.6. The Kier molecular flexibility index (Phi) is 9.17. The molecule has 0 saturated carbocycles. The van der Waals surface area contributed by atoms with Gasteiger partial charge in [0.05, 0.1) is 35.5 Å². The molecule has 0 aliphatic carbocycles. The molecule has 8 N–H and O–H groups in total. The summed E-state index contributed by atoms with van der Waals surface area (Å²) in [6.07, 6.45) is 1.76. The molecular weight excluding hydrogens is 544 g/mol. The lowest BCUT2D eigenvalue weighted by Crippen LogP contribution is -2.27. The normalized spacial score (nSPS) is 11.5. The molecule has 14 nitrogen and oxygen atoms in total. The Morgan fingerprint density at radius 1 is 0.905 bits per heavy atom. The summed E-state index contributed by atoms with van der Waals surface area (Å²) in [5.74, 6) is -4.05. The van der Waals surface area contributed by atoms with Crippen molar-refractivity contribution in [1.29, 1.82) is 0 Å². The number of hydrogen-bond donors (Lipinski definition) is 6. The highest BCUT2D eigenvalue weighted by atomic mass is 16.4. The lowest BCUT2D eigenvalue weighted by Gasteiger charge is -2.13. The quantitative estimate of drug-likeness (QED) is 0.0997. The molecule has 2 aromatic carbocycles. The second-order valence-corrected chi connectivity index (χ2v) is 9.34. The number of benzene rings is 2. The van der Waals surface area contributed by atoms with Crippen LogP contribution in [0.1, 0.15) is 56.0 Å². The lowest BCUT2D eigenvalue weighted by atomic mass is 9.94. The van der Waals surface area contributed by atoms with Gasteiger partial charge >= 0.3 is 11.9 Å². The van der Waals surface area contributed by atoms with Crippen molar-refractivity contribution in [3.8, 4) is 0 Å². The Balaban J connectivity index is 1.27. The number of hydrogen-bond acceptors (Lipinski definition) is 11. The van der Waals surface area contributed by atoms with Crippen LogP contribution >= 0.6 is 0 Å². The monoisotopic (exact) mass is 572 g/mol. The Bertz CT molecular complexity index is 1640. The molecule has 0 aliphatic heterocycles. The summed E-state index contributed by atoms with van der Waals surface area (Å²) in [6.45, 7) is 0.431. The van der Waals surface area contributed by atoms with Crippen molar-refractivity contribution in [2.75, 3.05) is 23.3 Å². The van der Waals surface area contributed by atoms with Gasteiger partial charge in [-0.1, -0.05) is 12.1 Å². The van der Waals surface area contributed by atoms with E-state index in [1.54, 1.807) is 30.3 Å². The van der Waals surface area contributed by atoms with E-state index in [0.29, 0.717) is 29.0 Å². The smallest absolute Gasteiger partial charge is 0.336 e. The Hall–Kier alpha value is -5.66. The van der Waals surface area contributed by atoms with Crippen LogP contribution < -0.4 is 22.1 Å². The topological polar surface area (TPSA) is 236 Å². The number of nitrogens with one attached hydrogen (secondary N) is 2. The predicted octanol–water partition coefficient (Wildman–Crippen LogP) is 2.38. The second kappa shape index (κ2) is 13.1. The molecule has 0 aliphatic rings. The molecule has 216 valence electrons. The molecule has 4 aromatic rings. The average Bonchev–Trinajstić information content (AvgIpc) is 2.97. The highest BCUT2D eigenvalue weighted by Crippen LogP contribution is 2.19. The number of amides is 1. The minimum absolute atomic E-state index is 0.00874. The van der Waals surface area contributed by atoms with Gasteiger partial charge in [-0.2, -0.15) is 9.97 Å². The first kappa shape index (κ1) is 29.3. The average molecular weight is 573 g/mol. The van der Waals surface area contributed by atoms with Crippen molar-refractivity contribution < 1.29 is 29.4 Å². The predicted molar refractivity (Wildman–Crippen MR) is 153 cm³/mol. The Labute approximate surface area is 239 Å². The summed E-state index contributed by atoms with van der Waals surface area (Å²) in [4.78, 5) is 64.7. The van der Waals surface area contributed by atoms with Crippen LogP contribution in [-0.2, 0) is 11.3 Å². The van der Waals surface area contributed by atoms with Gasteiger partial charge in [-0.25, -0.2) is 14.8 Å². The number of ketones is 1. The fourth-order valence-corrected chi connectivity index (χ4v) is 4.20. The molecule has 14 heteroatoms. The molecule has 1 amide bonds. The molecule has 0 saturated heterocycles. The second-order valence-electron chi connectivity index (χ2n) is 9.34. The number of aliphatic carboxylic acids is 1. The molecule has 2 heterocycles. The molecule has 4 rings (SSSR count). The van der Waals surface area contributed by atoms with E-state index in [2.05, 4.69) is 30.6 Å². The molecular formula is C28H28N8O6. The highest BCUT2D eigenvalue weighted by Gasteiger charge is 2.22. The van der Waals surface area contributed by atoms with E-state index < -0.39 is 23.8 Å². The molecule has 42 heavy (non-hydrogen) atoms. The zero-order valence-corrected chi connectivity index (χ0v) is 22.3. The summed E-state index contributed by atoms with van der Waals surface area (Å²) in [5.41, 5.74) is 13.6. The van der Waals surface area contributed by atoms with Gasteiger partial charge in [-0.15, -0.1) is 0 Å². The number of carboxylic acid groups (broad SMARTS) is 2. The number of fused-ring (bicyclic) bond motifs is 1. The maximum atomic E-state index is 12.8. The van der Waals surface area contributed by atoms with Crippen LogP contribution in [0.25, 0.3) is 11.2 Å². The Morgan fingerprint density at radius 3 is 2.31 bits per heavy atom. The van der Waals surface area contributed by atoms with E-state index in [9.17, 15) is 29.4 Å². The van der Waals surface area contributed by atoms with E-state index in [4.69, 9.17) is 11.5 Å². The fraction of sp³-hybridized carbons (Fsp3) is 0.214. The molecule has 1 unspecified atom stereocenters. The van der Waals surface area contributed by atoms with Gasteiger partial charge in [-0.05, 0) is 49.2 Å². The number of carbonyl (C=O) groups excluding carboxylic acids is 2. The van der Waals surface area contributed by atoms with Crippen LogP contribution in [0.15, 0.2) is 54.7 Å². The van der Waals surface area contributed by atoms with E-state index in [1.807, 2.05) is 0 Å². The van der Waals surface area contributed by atoms with Crippen LogP contribution in [0.2, 0.25) is 0 Å². The summed E-state index contributed by atoms with van der Waals surface area (Å²) >= 11 is 0. The highest BCUT2D eigenvalue weighted by molar-refractivity contribution is 6.04. The van der Waals surface area contributed by atoms with Crippen molar-refractivity contribution in [3.63, 3.8) is 0 Å². The van der Waals surface area contributed by atoms with Gasteiger partial charge in [0.1, 0.15) is 0 Å². The van der Waals surface area contributed by atoms with Gasteiger partial charge < -0.3 is 32.3 Å². The molecule has 2 aromatic heterocycles. The number of carboxylic acids is 2. The summed E-state index contributed by atoms with van der Waals surface area (Å²) < 4.78 is 0. The zero-order valence-electron chi connectivity index (χ0n) is 22.3. The molecule has 0 fully saturated rings. The van der Waals surface area contributed by atoms with E-state index >= 15 is 0 Å². The van der Waals surface area contributed by atoms with Crippen LogP contribution in [-0.4, -0.2) is 60.3 Å². The standard InChI is InChI=1S/C28H28N8O6/c29-23-22-24(36-28(30)35-23)33-14-18(34-22)13-32-17-9-7-15(8-10-17)21(37)12-16(26(39)40)4-3-11-31-25(38)19-5-1-2-6-20(19)27(41)42/h1-2,5-10,14,16,32H,3-4,11-13H2,(H,31,38)(H,39,40)(H,41,42)(H4,29,30,33,35,36). The van der Waals surface area contributed by atoms with Crippen LogP contribution in [0, 0.1) is 5.92 Å². The van der Waals surface area contributed by atoms with Gasteiger partial charge in [0.2, 0.25) is 5.95 Å². The number of aromatic carboxylic acids is 1. The number of Topliss-reactive ketones (excluding diaryl/α,β-unsaturated/α-hetero) is 1. The Morgan fingerprint density at radius 2 is 1.62 bits per heavy atom. The largest absolute Gasteiger partial charge is 0.481 e. The first-order valence-corrected chi connectivity index (χ1v) is 12.9. The van der Waals surface area contributed by atoms with E-state index in [-0.39, 0.29) is 60.1 Å².